The third kappa shape index (κ3) is 5.42. The Morgan fingerprint density at radius 2 is 1.68 bits per heavy atom. The Balaban J connectivity index is 2.72. The third-order valence-electron chi connectivity index (χ3n) is 2.75. The van der Waals surface area contributed by atoms with Crippen molar-refractivity contribution < 1.29 is 19.8 Å². The van der Waals surface area contributed by atoms with Gasteiger partial charge in [-0.2, -0.15) is 0 Å². The second-order valence-corrected chi connectivity index (χ2v) is 4.37. The molecule has 0 spiro atoms. The predicted molar refractivity (Wildman–Crippen MR) is 72.5 cm³/mol. The standard InChI is InChI=1S/C14H19NO4/c1-2-8-15(9-7-13(16)17)12-5-3-11(4-6-12)10-14(18)19/h3-6H,2,7-10H2,1H3,(H,16,17)(H,18,19). The van der Waals surface area contributed by atoms with E-state index < -0.39 is 11.9 Å². The van der Waals surface area contributed by atoms with Crippen LogP contribution in [0.3, 0.4) is 0 Å². The van der Waals surface area contributed by atoms with Crippen molar-refractivity contribution in [3.63, 3.8) is 0 Å². The number of carbonyl (C=O) groups is 2. The Morgan fingerprint density at radius 1 is 1.05 bits per heavy atom. The Labute approximate surface area is 112 Å². The average Bonchev–Trinajstić information content (AvgIpc) is 2.34. The monoisotopic (exact) mass is 265 g/mol. The van der Waals surface area contributed by atoms with Crippen LogP contribution in [-0.2, 0) is 16.0 Å². The molecule has 5 heteroatoms. The number of hydrogen-bond acceptors (Lipinski definition) is 3. The summed E-state index contributed by atoms with van der Waals surface area (Å²) in [6.07, 6.45) is 1.02. The van der Waals surface area contributed by atoms with Crippen LogP contribution in [0.2, 0.25) is 0 Å². The molecule has 0 heterocycles. The van der Waals surface area contributed by atoms with Crippen LogP contribution in [-0.4, -0.2) is 35.2 Å². The molecule has 0 radical (unpaired) electrons. The van der Waals surface area contributed by atoms with Crippen molar-refractivity contribution in [3.8, 4) is 0 Å². The number of nitrogens with zero attached hydrogens (tertiary/aromatic N) is 1. The highest BCUT2D eigenvalue weighted by molar-refractivity contribution is 5.70. The van der Waals surface area contributed by atoms with Crippen molar-refractivity contribution >= 4 is 17.6 Å². The summed E-state index contributed by atoms with van der Waals surface area (Å²) in [4.78, 5) is 23.2. The van der Waals surface area contributed by atoms with Gasteiger partial charge in [0, 0.05) is 18.8 Å². The maximum absolute atomic E-state index is 10.6. The van der Waals surface area contributed by atoms with Gasteiger partial charge in [-0.25, -0.2) is 0 Å². The zero-order valence-corrected chi connectivity index (χ0v) is 11.0. The van der Waals surface area contributed by atoms with Crippen LogP contribution >= 0.6 is 0 Å². The predicted octanol–water partition coefficient (Wildman–Crippen LogP) is 2.00. The van der Waals surface area contributed by atoms with Gasteiger partial charge in [0.25, 0.3) is 0 Å². The lowest BCUT2D eigenvalue weighted by Crippen LogP contribution is -2.26. The van der Waals surface area contributed by atoms with E-state index in [1.807, 2.05) is 24.0 Å². The Morgan fingerprint density at radius 3 is 2.16 bits per heavy atom. The number of benzene rings is 1. The maximum Gasteiger partial charge on any atom is 0.307 e. The number of anilines is 1. The Hall–Kier alpha value is -2.04. The van der Waals surface area contributed by atoms with E-state index in [1.54, 1.807) is 12.1 Å². The molecule has 0 unspecified atom stereocenters. The molecule has 5 nitrogen and oxygen atoms in total. The molecule has 0 bridgehead atoms. The molecule has 1 aromatic carbocycles. The van der Waals surface area contributed by atoms with Crippen LogP contribution in [0, 0.1) is 0 Å². The molecule has 0 fully saturated rings. The van der Waals surface area contributed by atoms with E-state index in [0.717, 1.165) is 24.2 Å². The number of rotatable bonds is 8. The quantitative estimate of drug-likeness (QED) is 0.751. The molecule has 0 aliphatic rings. The number of aliphatic carboxylic acids is 2. The molecule has 2 N–H and O–H groups in total. The van der Waals surface area contributed by atoms with E-state index in [4.69, 9.17) is 10.2 Å². The molecule has 0 saturated heterocycles. The fourth-order valence-electron chi connectivity index (χ4n) is 1.87. The summed E-state index contributed by atoms with van der Waals surface area (Å²) < 4.78 is 0. The van der Waals surface area contributed by atoms with Crippen molar-refractivity contribution in [1.82, 2.24) is 0 Å². The molecule has 1 rings (SSSR count). The number of carboxylic acids is 2. The summed E-state index contributed by atoms with van der Waals surface area (Å²) >= 11 is 0. The van der Waals surface area contributed by atoms with Gasteiger partial charge in [0.15, 0.2) is 0 Å². The van der Waals surface area contributed by atoms with Crippen molar-refractivity contribution in [2.24, 2.45) is 0 Å². The largest absolute Gasteiger partial charge is 0.481 e. The molecular weight excluding hydrogens is 246 g/mol. The highest BCUT2D eigenvalue weighted by Crippen LogP contribution is 2.16. The summed E-state index contributed by atoms with van der Waals surface area (Å²) in [7, 11) is 0. The van der Waals surface area contributed by atoms with Gasteiger partial charge in [-0.15, -0.1) is 0 Å². The lowest BCUT2D eigenvalue weighted by Gasteiger charge is -2.23. The first kappa shape index (κ1) is 15.0. The van der Waals surface area contributed by atoms with Crippen molar-refractivity contribution in [1.29, 1.82) is 0 Å². The fourth-order valence-corrected chi connectivity index (χ4v) is 1.87. The molecule has 0 atom stereocenters. The number of hydrogen-bond donors (Lipinski definition) is 2. The van der Waals surface area contributed by atoms with Crippen molar-refractivity contribution in [2.75, 3.05) is 18.0 Å². The lowest BCUT2D eigenvalue weighted by molar-refractivity contribution is -0.137. The van der Waals surface area contributed by atoms with Crippen LogP contribution in [0.1, 0.15) is 25.3 Å². The van der Waals surface area contributed by atoms with E-state index in [2.05, 4.69) is 0 Å². The highest BCUT2D eigenvalue weighted by atomic mass is 16.4. The van der Waals surface area contributed by atoms with Gasteiger partial charge in [-0.3, -0.25) is 9.59 Å². The van der Waals surface area contributed by atoms with E-state index in [1.165, 1.54) is 0 Å². The maximum atomic E-state index is 10.6. The smallest absolute Gasteiger partial charge is 0.307 e. The third-order valence-corrected chi connectivity index (χ3v) is 2.75. The SMILES string of the molecule is CCCN(CCC(=O)O)c1ccc(CC(=O)O)cc1. The van der Waals surface area contributed by atoms with Crippen LogP contribution in [0.15, 0.2) is 24.3 Å². The van der Waals surface area contributed by atoms with Gasteiger partial charge >= 0.3 is 11.9 Å². The lowest BCUT2D eigenvalue weighted by atomic mass is 10.1. The highest BCUT2D eigenvalue weighted by Gasteiger charge is 2.08. The Kier molecular flexibility index (Phi) is 5.85. The minimum Gasteiger partial charge on any atom is -0.481 e. The van der Waals surface area contributed by atoms with Gasteiger partial charge in [-0.1, -0.05) is 19.1 Å². The second kappa shape index (κ2) is 7.41. The fraction of sp³-hybridized carbons (Fsp3) is 0.429. The molecule has 0 aliphatic heterocycles. The van der Waals surface area contributed by atoms with E-state index in [9.17, 15) is 9.59 Å². The topological polar surface area (TPSA) is 77.8 Å². The zero-order chi connectivity index (χ0) is 14.3. The molecule has 1 aromatic rings. The van der Waals surface area contributed by atoms with E-state index >= 15 is 0 Å². The molecule has 0 aliphatic carbocycles. The molecule has 104 valence electrons. The van der Waals surface area contributed by atoms with Gasteiger partial charge in [-0.05, 0) is 24.1 Å². The minimum atomic E-state index is -0.857. The summed E-state index contributed by atoms with van der Waals surface area (Å²) in [5.74, 6) is -1.67. The van der Waals surface area contributed by atoms with Gasteiger partial charge in [0.05, 0.1) is 12.8 Å². The number of carboxylic acid groups (broad SMARTS) is 2. The van der Waals surface area contributed by atoms with Gasteiger partial charge in [0.2, 0.25) is 0 Å². The molecule has 19 heavy (non-hydrogen) atoms. The first-order chi connectivity index (χ1) is 9.02. The average molecular weight is 265 g/mol. The summed E-state index contributed by atoms with van der Waals surface area (Å²) in [5, 5.41) is 17.4. The van der Waals surface area contributed by atoms with Crippen LogP contribution in [0.4, 0.5) is 5.69 Å². The summed E-state index contributed by atoms with van der Waals surface area (Å²) in [5.41, 5.74) is 1.67. The molecule has 0 saturated carbocycles. The molecule has 0 amide bonds. The summed E-state index contributed by atoms with van der Waals surface area (Å²) in [6.45, 7) is 3.28. The first-order valence-electron chi connectivity index (χ1n) is 6.30. The zero-order valence-electron chi connectivity index (χ0n) is 11.0. The normalized spacial score (nSPS) is 10.2. The molecular formula is C14H19NO4. The van der Waals surface area contributed by atoms with E-state index in [-0.39, 0.29) is 12.8 Å². The van der Waals surface area contributed by atoms with Crippen LogP contribution < -0.4 is 4.90 Å². The van der Waals surface area contributed by atoms with E-state index in [0.29, 0.717) is 6.54 Å². The minimum absolute atomic E-state index is 0.00316. The first-order valence-corrected chi connectivity index (χ1v) is 6.30. The van der Waals surface area contributed by atoms with Crippen molar-refractivity contribution in [3.05, 3.63) is 29.8 Å². The van der Waals surface area contributed by atoms with Crippen molar-refractivity contribution in [2.45, 2.75) is 26.2 Å². The molecule has 0 aromatic heterocycles. The van der Waals surface area contributed by atoms with Crippen LogP contribution in [0.5, 0.6) is 0 Å². The second-order valence-electron chi connectivity index (χ2n) is 4.37. The van der Waals surface area contributed by atoms with Gasteiger partial charge < -0.3 is 15.1 Å². The Bertz CT molecular complexity index is 428. The van der Waals surface area contributed by atoms with Crippen LogP contribution in [0.25, 0.3) is 0 Å². The summed E-state index contributed by atoms with van der Waals surface area (Å²) in [6, 6.07) is 7.23. The van der Waals surface area contributed by atoms with Gasteiger partial charge in [0.1, 0.15) is 0 Å².